The van der Waals surface area contributed by atoms with E-state index in [-0.39, 0.29) is 17.0 Å². The largest absolute Gasteiger partial charge is 0.337 e. The van der Waals surface area contributed by atoms with Crippen LogP contribution in [0, 0.1) is 6.92 Å². The van der Waals surface area contributed by atoms with Crippen molar-refractivity contribution < 1.29 is 4.79 Å². The van der Waals surface area contributed by atoms with Gasteiger partial charge in [0.25, 0.3) is 11.5 Å². The average molecular weight is 312 g/mol. The third-order valence-corrected chi connectivity index (χ3v) is 4.89. The molecule has 1 amide bonds. The summed E-state index contributed by atoms with van der Waals surface area (Å²) in [5.74, 6) is -0.201. The van der Waals surface area contributed by atoms with Gasteiger partial charge >= 0.3 is 0 Å². The van der Waals surface area contributed by atoms with Gasteiger partial charge in [-0.15, -0.1) is 0 Å². The highest BCUT2D eigenvalue weighted by Crippen LogP contribution is 2.21. The molecule has 1 N–H and O–H groups in total. The van der Waals surface area contributed by atoms with Crippen LogP contribution in [-0.2, 0) is 0 Å². The number of pyridine rings is 1. The standard InChI is InChI=1S/C17H20N4O2/c1-11-2-5-15-18-8-14(17(23)21(15)9-11)16(22)20-7-6-12-3-4-13(10-20)19-12/h2,5,8-9,12-13,19H,3-4,6-7,10H2,1H3. The lowest BCUT2D eigenvalue weighted by atomic mass is 10.1. The Morgan fingerprint density at radius 1 is 1.26 bits per heavy atom. The summed E-state index contributed by atoms with van der Waals surface area (Å²) in [5, 5.41) is 3.55. The van der Waals surface area contributed by atoms with E-state index in [1.165, 1.54) is 17.0 Å². The summed E-state index contributed by atoms with van der Waals surface area (Å²) in [4.78, 5) is 31.6. The van der Waals surface area contributed by atoms with Gasteiger partial charge in [-0.1, -0.05) is 6.07 Å². The van der Waals surface area contributed by atoms with E-state index in [0.717, 1.165) is 18.4 Å². The molecule has 2 aliphatic heterocycles. The Morgan fingerprint density at radius 2 is 2.09 bits per heavy atom. The minimum absolute atomic E-state index is 0.158. The highest BCUT2D eigenvalue weighted by atomic mass is 16.2. The minimum Gasteiger partial charge on any atom is -0.337 e. The maximum Gasteiger partial charge on any atom is 0.270 e. The van der Waals surface area contributed by atoms with Crippen molar-refractivity contribution in [1.82, 2.24) is 19.6 Å². The Hall–Kier alpha value is -2.21. The van der Waals surface area contributed by atoms with Gasteiger partial charge < -0.3 is 10.2 Å². The first-order valence-corrected chi connectivity index (χ1v) is 8.15. The molecule has 2 aromatic rings. The monoisotopic (exact) mass is 312 g/mol. The molecular weight excluding hydrogens is 292 g/mol. The molecule has 6 nitrogen and oxygen atoms in total. The summed E-state index contributed by atoms with van der Waals surface area (Å²) < 4.78 is 1.46. The summed E-state index contributed by atoms with van der Waals surface area (Å²) in [6.07, 6.45) is 6.39. The second-order valence-corrected chi connectivity index (χ2v) is 6.59. The van der Waals surface area contributed by atoms with Crippen LogP contribution in [0.4, 0.5) is 0 Å². The zero-order valence-electron chi connectivity index (χ0n) is 13.2. The number of nitrogens with one attached hydrogen (secondary N) is 1. The average Bonchev–Trinajstić information content (AvgIpc) is 2.87. The zero-order valence-corrected chi connectivity index (χ0v) is 13.2. The van der Waals surface area contributed by atoms with Crippen molar-refractivity contribution in [2.45, 2.75) is 38.3 Å². The molecule has 2 bridgehead atoms. The number of carbonyl (C=O) groups is 1. The Kier molecular flexibility index (Phi) is 3.41. The van der Waals surface area contributed by atoms with Crippen molar-refractivity contribution in [3.8, 4) is 0 Å². The molecule has 4 rings (SSSR count). The van der Waals surface area contributed by atoms with Gasteiger partial charge in [0.2, 0.25) is 0 Å². The number of hydrogen-bond acceptors (Lipinski definition) is 4. The molecule has 2 aromatic heterocycles. The fraction of sp³-hybridized carbons (Fsp3) is 0.471. The van der Waals surface area contributed by atoms with Gasteiger partial charge in [-0.2, -0.15) is 0 Å². The first-order valence-electron chi connectivity index (χ1n) is 8.15. The third-order valence-electron chi connectivity index (χ3n) is 4.89. The SMILES string of the molecule is Cc1ccc2ncc(C(=O)N3CCC4CCC(C3)N4)c(=O)n2c1. The molecule has 0 aromatic carbocycles. The lowest BCUT2D eigenvalue weighted by molar-refractivity contribution is 0.0745. The quantitative estimate of drug-likeness (QED) is 0.852. The summed E-state index contributed by atoms with van der Waals surface area (Å²) in [7, 11) is 0. The smallest absolute Gasteiger partial charge is 0.270 e. The molecule has 2 saturated heterocycles. The lowest BCUT2D eigenvalue weighted by Gasteiger charge is -2.24. The Labute approximate surface area is 134 Å². The van der Waals surface area contributed by atoms with E-state index in [4.69, 9.17) is 0 Å². The fourth-order valence-corrected chi connectivity index (χ4v) is 3.63. The number of likely N-dealkylation sites (tertiary alicyclic amines) is 1. The van der Waals surface area contributed by atoms with Crippen LogP contribution in [0.2, 0.25) is 0 Å². The molecule has 2 fully saturated rings. The number of rotatable bonds is 1. The summed E-state index contributed by atoms with van der Waals surface area (Å²) in [6.45, 7) is 3.28. The minimum atomic E-state index is -0.286. The zero-order chi connectivity index (χ0) is 16.0. The van der Waals surface area contributed by atoms with E-state index in [0.29, 0.717) is 30.8 Å². The van der Waals surface area contributed by atoms with Gasteiger partial charge in [-0.3, -0.25) is 14.0 Å². The molecule has 120 valence electrons. The molecule has 0 radical (unpaired) electrons. The van der Waals surface area contributed by atoms with Crippen LogP contribution >= 0.6 is 0 Å². The number of nitrogens with zero attached hydrogens (tertiary/aromatic N) is 3. The van der Waals surface area contributed by atoms with Crippen molar-refractivity contribution in [3.63, 3.8) is 0 Å². The van der Waals surface area contributed by atoms with Crippen LogP contribution in [0.1, 0.15) is 35.2 Å². The van der Waals surface area contributed by atoms with Crippen molar-refractivity contribution in [2.75, 3.05) is 13.1 Å². The van der Waals surface area contributed by atoms with Crippen molar-refractivity contribution in [1.29, 1.82) is 0 Å². The fourth-order valence-electron chi connectivity index (χ4n) is 3.63. The number of aromatic nitrogens is 2. The molecule has 4 heterocycles. The molecule has 23 heavy (non-hydrogen) atoms. The van der Waals surface area contributed by atoms with Crippen LogP contribution in [0.25, 0.3) is 5.65 Å². The number of fused-ring (bicyclic) bond motifs is 3. The highest BCUT2D eigenvalue weighted by molar-refractivity contribution is 5.93. The number of amides is 1. The van der Waals surface area contributed by atoms with Crippen LogP contribution in [0.15, 0.2) is 29.3 Å². The van der Waals surface area contributed by atoms with Crippen molar-refractivity contribution in [2.24, 2.45) is 0 Å². The number of carbonyl (C=O) groups excluding carboxylic acids is 1. The maximum atomic E-state index is 12.8. The second kappa shape index (κ2) is 5.45. The van der Waals surface area contributed by atoms with Crippen LogP contribution in [-0.4, -0.2) is 45.4 Å². The summed E-state index contributed by atoms with van der Waals surface area (Å²) in [6, 6.07) is 4.56. The first kappa shape index (κ1) is 14.4. The van der Waals surface area contributed by atoms with E-state index >= 15 is 0 Å². The molecular formula is C17H20N4O2. The predicted molar refractivity (Wildman–Crippen MR) is 86.7 cm³/mol. The van der Waals surface area contributed by atoms with E-state index in [9.17, 15) is 9.59 Å². The molecule has 2 atom stereocenters. The number of aryl methyl sites for hydroxylation is 1. The highest BCUT2D eigenvalue weighted by Gasteiger charge is 2.32. The van der Waals surface area contributed by atoms with Gasteiger partial charge in [0, 0.05) is 37.6 Å². The van der Waals surface area contributed by atoms with E-state index in [1.807, 2.05) is 13.0 Å². The lowest BCUT2D eigenvalue weighted by Crippen LogP contribution is -2.41. The van der Waals surface area contributed by atoms with Crippen LogP contribution in [0.5, 0.6) is 0 Å². The Morgan fingerprint density at radius 3 is 2.96 bits per heavy atom. The van der Waals surface area contributed by atoms with Gasteiger partial charge in [-0.25, -0.2) is 4.98 Å². The molecule has 0 spiro atoms. The normalized spacial score (nSPS) is 24.0. The molecule has 2 aliphatic rings. The summed E-state index contributed by atoms with van der Waals surface area (Å²) in [5.41, 5.74) is 1.40. The van der Waals surface area contributed by atoms with Crippen molar-refractivity contribution >= 4 is 11.6 Å². The van der Waals surface area contributed by atoms with Gasteiger partial charge in [0.05, 0.1) is 0 Å². The maximum absolute atomic E-state index is 12.8. The topological polar surface area (TPSA) is 66.7 Å². The van der Waals surface area contributed by atoms with Crippen LogP contribution < -0.4 is 10.9 Å². The molecule has 2 unspecified atom stereocenters. The molecule has 6 heteroatoms. The first-order chi connectivity index (χ1) is 11.1. The van der Waals surface area contributed by atoms with Crippen LogP contribution in [0.3, 0.4) is 0 Å². The predicted octanol–water partition coefficient (Wildman–Crippen LogP) is 0.969. The third kappa shape index (κ3) is 2.53. The van der Waals surface area contributed by atoms with E-state index in [2.05, 4.69) is 10.3 Å². The number of hydrogen-bond donors (Lipinski definition) is 1. The van der Waals surface area contributed by atoms with Gasteiger partial charge in [0.15, 0.2) is 0 Å². The Balaban J connectivity index is 1.69. The Bertz CT molecular complexity index is 829. The van der Waals surface area contributed by atoms with Gasteiger partial charge in [-0.05, 0) is 37.8 Å². The van der Waals surface area contributed by atoms with E-state index in [1.54, 1.807) is 17.2 Å². The van der Waals surface area contributed by atoms with Gasteiger partial charge in [0.1, 0.15) is 11.2 Å². The molecule has 0 saturated carbocycles. The van der Waals surface area contributed by atoms with E-state index < -0.39 is 0 Å². The van der Waals surface area contributed by atoms with Crippen molar-refractivity contribution in [3.05, 3.63) is 46.0 Å². The second-order valence-electron chi connectivity index (χ2n) is 6.59. The summed E-state index contributed by atoms with van der Waals surface area (Å²) >= 11 is 0. The molecule has 0 aliphatic carbocycles.